The van der Waals surface area contributed by atoms with E-state index in [4.69, 9.17) is 16.0 Å². The van der Waals surface area contributed by atoms with Gasteiger partial charge in [-0.3, -0.25) is 9.78 Å². The molecule has 0 radical (unpaired) electrons. The third kappa shape index (κ3) is 4.79. The first-order valence-electron chi connectivity index (χ1n) is 7.73. The Kier molecular flexibility index (Phi) is 5.36. The number of rotatable bonds is 5. The minimum atomic E-state index is -4.57. The molecule has 0 aliphatic carbocycles. The number of hydrogen-bond donors (Lipinski definition) is 2. The number of furan rings is 1. The van der Waals surface area contributed by atoms with Gasteiger partial charge in [0.05, 0.1) is 23.4 Å². The fraction of sp³-hybridized carbons (Fsp3) is 0.111. The molecular formula is C18H13ClF3N3O2. The predicted octanol–water partition coefficient (Wildman–Crippen LogP) is 5.02. The lowest BCUT2D eigenvalue weighted by Crippen LogP contribution is -2.23. The van der Waals surface area contributed by atoms with E-state index in [0.717, 1.165) is 12.1 Å². The van der Waals surface area contributed by atoms with Crippen molar-refractivity contribution in [3.8, 4) is 0 Å². The van der Waals surface area contributed by atoms with Crippen LogP contribution in [-0.4, -0.2) is 10.9 Å². The number of alkyl halides is 3. The standard InChI is InChI=1S/C18H13ClF3N3O2/c19-15-4-3-11(8-14(15)18(20,21)22)25-12-5-6-23-16(9-12)17(26)24-10-13-2-1-7-27-13/h1-9H,10H2,(H,23,25)(H,24,26). The molecule has 1 aromatic carbocycles. The Bertz CT molecular complexity index is 943. The number of anilines is 2. The fourth-order valence-electron chi connectivity index (χ4n) is 2.29. The van der Waals surface area contributed by atoms with Crippen molar-refractivity contribution in [3.63, 3.8) is 0 Å². The first-order chi connectivity index (χ1) is 12.8. The van der Waals surface area contributed by atoms with Gasteiger partial charge in [0.1, 0.15) is 11.5 Å². The second kappa shape index (κ2) is 7.71. The molecular weight excluding hydrogens is 383 g/mol. The molecule has 3 aromatic rings. The van der Waals surface area contributed by atoms with Gasteiger partial charge in [0.25, 0.3) is 5.91 Å². The monoisotopic (exact) mass is 395 g/mol. The lowest BCUT2D eigenvalue weighted by molar-refractivity contribution is -0.137. The molecule has 2 N–H and O–H groups in total. The zero-order chi connectivity index (χ0) is 19.4. The molecule has 0 aliphatic heterocycles. The minimum Gasteiger partial charge on any atom is -0.467 e. The van der Waals surface area contributed by atoms with Crippen molar-refractivity contribution in [2.75, 3.05) is 5.32 Å². The number of pyridine rings is 1. The zero-order valence-corrected chi connectivity index (χ0v) is 14.4. The maximum atomic E-state index is 13.0. The van der Waals surface area contributed by atoms with Gasteiger partial charge in [0.15, 0.2) is 0 Å². The average Bonchev–Trinajstić information content (AvgIpc) is 3.14. The quantitative estimate of drug-likeness (QED) is 0.636. The van der Waals surface area contributed by atoms with Crippen LogP contribution in [0.15, 0.2) is 59.3 Å². The number of benzene rings is 1. The van der Waals surface area contributed by atoms with Gasteiger partial charge in [-0.25, -0.2) is 0 Å². The molecule has 2 aromatic heterocycles. The molecule has 0 atom stereocenters. The summed E-state index contributed by atoms with van der Waals surface area (Å²) < 4.78 is 44.0. The van der Waals surface area contributed by atoms with Crippen molar-refractivity contribution < 1.29 is 22.4 Å². The van der Waals surface area contributed by atoms with Crippen molar-refractivity contribution in [1.29, 1.82) is 0 Å². The topological polar surface area (TPSA) is 67.2 Å². The lowest BCUT2D eigenvalue weighted by Gasteiger charge is -2.13. The number of carbonyl (C=O) groups excluding carboxylic acids is 1. The van der Waals surface area contributed by atoms with Gasteiger partial charge in [-0.15, -0.1) is 0 Å². The Morgan fingerprint density at radius 3 is 2.63 bits per heavy atom. The Morgan fingerprint density at radius 2 is 1.93 bits per heavy atom. The molecule has 0 aliphatic rings. The van der Waals surface area contributed by atoms with Crippen LogP contribution in [0, 0.1) is 0 Å². The van der Waals surface area contributed by atoms with Crippen molar-refractivity contribution in [1.82, 2.24) is 10.3 Å². The Morgan fingerprint density at radius 1 is 1.15 bits per heavy atom. The summed E-state index contributed by atoms with van der Waals surface area (Å²) in [7, 11) is 0. The molecule has 0 saturated heterocycles. The number of amides is 1. The van der Waals surface area contributed by atoms with Crippen LogP contribution in [0.5, 0.6) is 0 Å². The molecule has 9 heteroatoms. The van der Waals surface area contributed by atoms with E-state index in [1.807, 2.05) is 0 Å². The summed E-state index contributed by atoms with van der Waals surface area (Å²) in [5.74, 6) is 0.139. The Labute approximate surface area is 157 Å². The molecule has 0 spiro atoms. The number of carbonyl (C=O) groups is 1. The van der Waals surface area contributed by atoms with E-state index in [2.05, 4.69) is 15.6 Å². The molecule has 27 heavy (non-hydrogen) atoms. The molecule has 140 valence electrons. The van der Waals surface area contributed by atoms with Gasteiger partial charge in [-0.2, -0.15) is 13.2 Å². The molecule has 0 saturated carbocycles. The average molecular weight is 396 g/mol. The normalized spacial score (nSPS) is 11.3. The second-order valence-corrected chi connectivity index (χ2v) is 5.92. The summed E-state index contributed by atoms with van der Waals surface area (Å²) in [6.07, 6.45) is -1.69. The van der Waals surface area contributed by atoms with Crippen molar-refractivity contribution in [2.24, 2.45) is 0 Å². The van der Waals surface area contributed by atoms with Crippen molar-refractivity contribution in [2.45, 2.75) is 12.7 Å². The molecule has 0 fully saturated rings. The molecule has 5 nitrogen and oxygen atoms in total. The Balaban J connectivity index is 1.73. The second-order valence-electron chi connectivity index (χ2n) is 5.51. The van der Waals surface area contributed by atoms with Crippen LogP contribution in [-0.2, 0) is 12.7 Å². The SMILES string of the molecule is O=C(NCc1ccco1)c1cc(Nc2ccc(Cl)c(C(F)(F)F)c2)ccn1. The largest absolute Gasteiger partial charge is 0.467 e. The maximum Gasteiger partial charge on any atom is 0.417 e. The zero-order valence-electron chi connectivity index (χ0n) is 13.7. The predicted molar refractivity (Wildman–Crippen MR) is 93.9 cm³/mol. The summed E-state index contributed by atoms with van der Waals surface area (Å²) in [4.78, 5) is 16.1. The fourth-order valence-corrected chi connectivity index (χ4v) is 2.52. The van der Waals surface area contributed by atoms with Crippen LogP contribution < -0.4 is 10.6 Å². The highest BCUT2D eigenvalue weighted by Crippen LogP contribution is 2.36. The lowest BCUT2D eigenvalue weighted by atomic mass is 10.2. The number of nitrogens with one attached hydrogen (secondary N) is 2. The number of halogens is 4. The maximum absolute atomic E-state index is 13.0. The molecule has 0 bridgehead atoms. The van der Waals surface area contributed by atoms with Gasteiger partial charge < -0.3 is 15.1 Å². The third-order valence-corrected chi connectivity index (χ3v) is 3.89. The van der Waals surface area contributed by atoms with Crippen molar-refractivity contribution in [3.05, 3.63) is 77.0 Å². The molecule has 3 rings (SSSR count). The van der Waals surface area contributed by atoms with Gasteiger partial charge in [-0.1, -0.05) is 11.6 Å². The summed E-state index contributed by atoms with van der Waals surface area (Å²) in [6, 6.07) is 9.85. The van der Waals surface area contributed by atoms with E-state index < -0.39 is 17.6 Å². The first kappa shape index (κ1) is 18.8. The highest BCUT2D eigenvalue weighted by Gasteiger charge is 2.33. The van der Waals surface area contributed by atoms with Crippen LogP contribution in [0.1, 0.15) is 21.8 Å². The van der Waals surface area contributed by atoms with E-state index in [0.29, 0.717) is 11.4 Å². The number of aromatic nitrogens is 1. The smallest absolute Gasteiger partial charge is 0.417 e. The van der Waals surface area contributed by atoms with Crippen LogP contribution in [0.25, 0.3) is 0 Å². The van der Waals surface area contributed by atoms with E-state index in [-0.39, 0.29) is 22.9 Å². The van der Waals surface area contributed by atoms with E-state index >= 15 is 0 Å². The highest BCUT2D eigenvalue weighted by atomic mass is 35.5. The minimum absolute atomic E-state index is 0.108. The van der Waals surface area contributed by atoms with Crippen molar-refractivity contribution >= 4 is 28.9 Å². The molecule has 1 amide bonds. The van der Waals surface area contributed by atoms with Crippen LogP contribution in [0.4, 0.5) is 24.5 Å². The first-order valence-corrected chi connectivity index (χ1v) is 8.11. The van der Waals surface area contributed by atoms with Gasteiger partial charge in [0, 0.05) is 17.6 Å². The van der Waals surface area contributed by atoms with Crippen LogP contribution in [0.3, 0.4) is 0 Å². The Hall–Kier alpha value is -3.00. The van der Waals surface area contributed by atoms with Crippen LogP contribution >= 0.6 is 11.6 Å². The number of nitrogens with zero attached hydrogens (tertiary/aromatic N) is 1. The van der Waals surface area contributed by atoms with Gasteiger partial charge >= 0.3 is 6.18 Å². The van der Waals surface area contributed by atoms with E-state index in [9.17, 15) is 18.0 Å². The summed E-state index contributed by atoms with van der Waals surface area (Å²) in [6.45, 7) is 0.192. The van der Waals surface area contributed by atoms with E-state index in [1.54, 1.807) is 12.1 Å². The van der Waals surface area contributed by atoms with Gasteiger partial charge in [0.2, 0.25) is 0 Å². The third-order valence-electron chi connectivity index (χ3n) is 3.56. The summed E-state index contributed by atoms with van der Waals surface area (Å²) >= 11 is 5.61. The summed E-state index contributed by atoms with van der Waals surface area (Å²) in [5, 5.41) is 5.06. The molecule has 0 unspecified atom stereocenters. The van der Waals surface area contributed by atoms with Crippen LogP contribution in [0.2, 0.25) is 5.02 Å². The van der Waals surface area contributed by atoms with Gasteiger partial charge in [-0.05, 0) is 42.5 Å². The highest BCUT2D eigenvalue weighted by molar-refractivity contribution is 6.31. The molecule has 2 heterocycles. The number of hydrogen-bond acceptors (Lipinski definition) is 4. The van der Waals surface area contributed by atoms with E-state index in [1.165, 1.54) is 30.7 Å². The summed E-state index contributed by atoms with van der Waals surface area (Å²) in [5.41, 5.74) is -0.250.